The molecule has 0 aliphatic carbocycles. The molecule has 6 heteroatoms. The summed E-state index contributed by atoms with van der Waals surface area (Å²) in [4.78, 5) is 15.3. The molecule has 6 nitrogen and oxygen atoms in total. The molecule has 0 aliphatic heterocycles. The van der Waals surface area contributed by atoms with Crippen LogP contribution in [0.1, 0.15) is 30.0 Å². The van der Waals surface area contributed by atoms with E-state index in [0.29, 0.717) is 5.92 Å². The summed E-state index contributed by atoms with van der Waals surface area (Å²) in [5.74, 6) is -0.00291. The van der Waals surface area contributed by atoms with E-state index in [9.17, 15) is 4.79 Å². The average molecular weight is 272 g/mol. The van der Waals surface area contributed by atoms with Crippen LogP contribution in [0.25, 0.3) is 11.8 Å². The first-order chi connectivity index (χ1) is 9.60. The SMILES string of the molecule is COC(=O)c1ccc(-n2cc(/C=C/C(C)C)nn2)cn1. The van der Waals surface area contributed by atoms with E-state index in [-0.39, 0.29) is 5.69 Å². The van der Waals surface area contributed by atoms with Crippen LogP contribution in [0.2, 0.25) is 0 Å². The van der Waals surface area contributed by atoms with Gasteiger partial charge in [0.15, 0.2) is 0 Å². The predicted octanol–water partition coefficient (Wildman–Crippen LogP) is 2.12. The minimum Gasteiger partial charge on any atom is -0.464 e. The summed E-state index contributed by atoms with van der Waals surface area (Å²) < 4.78 is 6.20. The molecular formula is C14H16N4O2. The number of nitrogens with zero attached hydrogens (tertiary/aromatic N) is 4. The summed E-state index contributed by atoms with van der Waals surface area (Å²) in [6.07, 6.45) is 7.32. The Morgan fingerprint density at radius 1 is 1.40 bits per heavy atom. The molecule has 0 bridgehead atoms. The molecule has 0 N–H and O–H groups in total. The van der Waals surface area contributed by atoms with E-state index in [0.717, 1.165) is 11.4 Å². The fourth-order valence-corrected chi connectivity index (χ4v) is 1.52. The lowest BCUT2D eigenvalue weighted by Gasteiger charge is -2.01. The molecule has 20 heavy (non-hydrogen) atoms. The van der Waals surface area contributed by atoms with Crippen LogP contribution in [0.4, 0.5) is 0 Å². The van der Waals surface area contributed by atoms with E-state index < -0.39 is 5.97 Å². The fourth-order valence-electron chi connectivity index (χ4n) is 1.52. The molecule has 0 atom stereocenters. The monoisotopic (exact) mass is 272 g/mol. The van der Waals surface area contributed by atoms with Crippen LogP contribution in [0, 0.1) is 5.92 Å². The first kappa shape index (κ1) is 13.9. The van der Waals surface area contributed by atoms with Gasteiger partial charge in [0.2, 0.25) is 0 Å². The Balaban J connectivity index is 2.18. The topological polar surface area (TPSA) is 69.9 Å². The fraction of sp³-hybridized carbons (Fsp3) is 0.286. The van der Waals surface area contributed by atoms with Gasteiger partial charge in [-0.1, -0.05) is 25.1 Å². The normalized spacial score (nSPS) is 11.2. The maximum Gasteiger partial charge on any atom is 0.356 e. The first-order valence-corrected chi connectivity index (χ1v) is 6.25. The minimum atomic E-state index is -0.462. The van der Waals surface area contributed by atoms with E-state index >= 15 is 0 Å². The van der Waals surface area contributed by atoms with Gasteiger partial charge < -0.3 is 4.74 Å². The number of esters is 1. The summed E-state index contributed by atoms with van der Waals surface area (Å²) in [5.41, 5.74) is 1.77. The van der Waals surface area contributed by atoms with Crippen LogP contribution in [-0.4, -0.2) is 33.1 Å². The van der Waals surface area contributed by atoms with Crippen LogP contribution < -0.4 is 0 Å². The second-order valence-corrected chi connectivity index (χ2v) is 4.58. The summed E-state index contributed by atoms with van der Waals surface area (Å²) in [6, 6.07) is 3.33. The Morgan fingerprint density at radius 3 is 2.80 bits per heavy atom. The smallest absolute Gasteiger partial charge is 0.356 e. The number of ether oxygens (including phenoxy) is 1. The molecule has 0 unspecified atom stereocenters. The highest BCUT2D eigenvalue weighted by molar-refractivity contribution is 5.87. The van der Waals surface area contributed by atoms with Crippen molar-refractivity contribution in [3.8, 4) is 5.69 Å². The summed E-state index contributed by atoms with van der Waals surface area (Å²) >= 11 is 0. The van der Waals surface area contributed by atoms with E-state index in [1.54, 1.807) is 29.2 Å². The van der Waals surface area contributed by atoms with Gasteiger partial charge in [-0.25, -0.2) is 14.5 Å². The highest BCUT2D eigenvalue weighted by atomic mass is 16.5. The van der Waals surface area contributed by atoms with Crippen molar-refractivity contribution in [2.45, 2.75) is 13.8 Å². The number of pyridine rings is 1. The minimum absolute atomic E-state index is 0.260. The van der Waals surface area contributed by atoms with Gasteiger partial charge in [0.1, 0.15) is 11.4 Å². The highest BCUT2D eigenvalue weighted by Gasteiger charge is 2.07. The third-order valence-corrected chi connectivity index (χ3v) is 2.57. The molecule has 0 amide bonds. The zero-order valence-corrected chi connectivity index (χ0v) is 11.6. The second-order valence-electron chi connectivity index (χ2n) is 4.58. The number of aromatic nitrogens is 4. The quantitative estimate of drug-likeness (QED) is 0.797. The molecule has 0 aromatic carbocycles. The molecule has 104 valence electrons. The zero-order valence-electron chi connectivity index (χ0n) is 11.6. The molecule has 0 radical (unpaired) electrons. The number of carbonyl (C=O) groups is 1. The number of allylic oxidation sites excluding steroid dienone is 1. The van der Waals surface area contributed by atoms with Crippen LogP contribution in [-0.2, 0) is 4.74 Å². The van der Waals surface area contributed by atoms with E-state index in [1.165, 1.54) is 7.11 Å². The summed E-state index contributed by atoms with van der Waals surface area (Å²) in [6.45, 7) is 4.19. The Kier molecular flexibility index (Phi) is 4.24. The van der Waals surface area contributed by atoms with Crippen molar-refractivity contribution < 1.29 is 9.53 Å². The molecule has 0 fully saturated rings. The lowest BCUT2D eigenvalue weighted by atomic mass is 10.2. The standard InChI is InChI=1S/C14H16N4O2/c1-10(2)4-5-11-9-18(17-16-11)12-6-7-13(15-8-12)14(19)20-3/h4-10H,1-3H3/b5-4+. The number of carbonyl (C=O) groups excluding carboxylic acids is 1. The highest BCUT2D eigenvalue weighted by Crippen LogP contribution is 2.08. The largest absolute Gasteiger partial charge is 0.464 e. The van der Waals surface area contributed by atoms with E-state index in [1.807, 2.05) is 12.2 Å². The van der Waals surface area contributed by atoms with Gasteiger partial charge in [-0.2, -0.15) is 0 Å². The van der Waals surface area contributed by atoms with Crippen molar-refractivity contribution in [2.24, 2.45) is 5.92 Å². The number of methoxy groups -OCH3 is 1. The molecule has 0 spiro atoms. The van der Waals surface area contributed by atoms with E-state index in [2.05, 4.69) is 33.9 Å². The molecule has 2 aromatic rings. The van der Waals surface area contributed by atoms with Gasteiger partial charge in [0, 0.05) is 0 Å². The van der Waals surface area contributed by atoms with Gasteiger partial charge in [0.25, 0.3) is 0 Å². The average Bonchev–Trinajstić information content (AvgIpc) is 2.93. The molecular weight excluding hydrogens is 256 g/mol. The Bertz CT molecular complexity index is 614. The molecule has 0 aliphatic rings. The Hall–Kier alpha value is -2.50. The Labute approximate surface area is 117 Å². The van der Waals surface area contributed by atoms with Gasteiger partial charge in [0.05, 0.1) is 25.2 Å². The number of hydrogen-bond acceptors (Lipinski definition) is 5. The molecule has 0 saturated heterocycles. The first-order valence-electron chi connectivity index (χ1n) is 6.25. The predicted molar refractivity (Wildman–Crippen MR) is 74.4 cm³/mol. The summed E-state index contributed by atoms with van der Waals surface area (Å²) in [5, 5.41) is 8.06. The third kappa shape index (κ3) is 3.28. The molecule has 2 rings (SSSR count). The van der Waals surface area contributed by atoms with Gasteiger partial charge in [-0.15, -0.1) is 5.10 Å². The van der Waals surface area contributed by atoms with Crippen molar-refractivity contribution in [3.05, 3.63) is 42.0 Å². The Morgan fingerprint density at radius 2 is 2.20 bits per heavy atom. The van der Waals surface area contributed by atoms with Gasteiger partial charge in [-0.05, 0) is 24.1 Å². The van der Waals surface area contributed by atoms with Crippen molar-refractivity contribution >= 4 is 12.0 Å². The van der Waals surface area contributed by atoms with Crippen LogP contribution in [0.15, 0.2) is 30.6 Å². The van der Waals surface area contributed by atoms with Crippen molar-refractivity contribution in [1.29, 1.82) is 0 Å². The lowest BCUT2D eigenvalue weighted by Crippen LogP contribution is -2.05. The number of hydrogen-bond donors (Lipinski definition) is 0. The number of rotatable bonds is 4. The van der Waals surface area contributed by atoms with Gasteiger partial charge >= 0.3 is 5.97 Å². The summed E-state index contributed by atoms with van der Waals surface area (Å²) in [7, 11) is 1.32. The van der Waals surface area contributed by atoms with Crippen molar-refractivity contribution in [1.82, 2.24) is 20.0 Å². The lowest BCUT2D eigenvalue weighted by molar-refractivity contribution is 0.0594. The maximum atomic E-state index is 11.3. The maximum absolute atomic E-state index is 11.3. The van der Waals surface area contributed by atoms with Crippen molar-refractivity contribution in [3.63, 3.8) is 0 Å². The van der Waals surface area contributed by atoms with Crippen LogP contribution in [0.3, 0.4) is 0 Å². The van der Waals surface area contributed by atoms with E-state index in [4.69, 9.17) is 0 Å². The zero-order chi connectivity index (χ0) is 14.5. The van der Waals surface area contributed by atoms with Gasteiger partial charge in [-0.3, -0.25) is 0 Å². The molecule has 2 heterocycles. The van der Waals surface area contributed by atoms with Crippen LogP contribution in [0.5, 0.6) is 0 Å². The second kappa shape index (κ2) is 6.10. The van der Waals surface area contributed by atoms with Crippen LogP contribution >= 0.6 is 0 Å². The molecule has 0 saturated carbocycles. The van der Waals surface area contributed by atoms with Crippen molar-refractivity contribution in [2.75, 3.05) is 7.11 Å². The third-order valence-electron chi connectivity index (χ3n) is 2.57. The molecule has 2 aromatic heterocycles.